The van der Waals surface area contributed by atoms with E-state index in [4.69, 9.17) is 0 Å². The van der Waals surface area contributed by atoms with E-state index < -0.39 is 28.0 Å². The Bertz CT molecular complexity index is 1040. The molecule has 3 heterocycles. The first-order chi connectivity index (χ1) is 12.1. The summed E-state index contributed by atoms with van der Waals surface area (Å²) in [6.07, 6.45) is -4.02. The van der Waals surface area contributed by atoms with Gasteiger partial charge in [-0.15, -0.1) is 11.3 Å². The maximum atomic E-state index is 12.9. The monoisotopic (exact) mass is 405 g/mol. The number of rotatable bonds is 5. The fourth-order valence-corrected chi connectivity index (χ4v) is 4.82. The average molecular weight is 405 g/mol. The Balaban J connectivity index is 2.01. The molecule has 26 heavy (non-hydrogen) atoms. The third-order valence-electron chi connectivity index (χ3n) is 3.52. The van der Waals surface area contributed by atoms with Gasteiger partial charge in [-0.05, 0) is 31.2 Å². The van der Waals surface area contributed by atoms with Crippen LogP contribution in [0.4, 0.5) is 13.2 Å². The van der Waals surface area contributed by atoms with Crippen LogP contribution in [-0.4, -0.2) is 36.1 Å². The molecule has 0 aromatic carbocycles. The number of thiophene rings is 1. The lowest BCUT2D eigenvalue weighted by molar-refractivity contribution is -0.140. The quantitative estimate of drug-likeness (QED) is 0.608. The van der Waals surface area contributed by atoms with Crippen LogP contribution in [0.5, 0.6) is 0 Å². The van der Waals surface area contributed by atoms with Crippen LogP contribution >= 0.6 is 11.3 Å². The fraction of sp³-hybridized carbons (Fsp3) is 0.267. The van der Waals surface area contributed by atoms with Gasteiger partial charge in [0.2, 0.25) is 10.0 Å². The Labute approximate surface area is 150 Å². The van der Waals surface area contributed by atoms with Gasteiger partial charge in [-0.3, -0.25) is 0 Å². The van der Waals surface area contributed by atoms with E-state index in [1.807, 2.05) is 0 Å². The minimum atomic E-state index is -4.53. The molecule has 0 spiro atoms. The highest BCUT2D eigenvalue weighted by molar-refractivity contribution is 7.91. The van der Waals surface area contributed by atoms with Crippen molar-refractivity contribution >= 4 is 32.4 Å². The van der Waals surface area contributed by atoms with Crippen LogP contribution in [0.3, 0.4) is 0 Å². The minimum absolute atomic E-state index is 0.00435. The molecule has 0 radical (unpaired) electrons. The van der Waals surface area contributed by atoms with Gasteiger partial charge in [-0.2, -0.15) is 13.2 Å². The molecule has 11 heteroatoms. The van der Waals surface area contributed by atoms with Crippen molar-refractivity contribution in [1.29, 1.82) is 0 Å². The number of aliphatic hydroxyl groups excluding tert-OH is 1. The molecular weight excluding hydrogens is 391 g/mol. The Morgan fingerprint density at radius 1 is 1.35 bits per heavy atom. The first-order valence-electron chi connectivity index (χ1n) is 7.41. The summed E-state index contributed by atoms with van der Waals surface area (Å²) in [6, 6.07) is 5.38. The van der Waals surface area contributed by atoms with Crippen molar-refractivity contribution in [3.8, 4) is 10.4 Å². The maximum Gasteiger partial charge on any atom is 0.431 e. The largest absolute Gasteiger partial charge is 0.431 e. The van der Waals surface area contributed by atoms with Gasteiger partial charge in [0, 0.05) is 28.6 Å². The van der Waals surface area contributed by atoms with Gasteiger partial charge in [0.1, 0.15) is 15.6 Å². The van der Waals surface area contributed by atoms with Gasteiger partial charge < -0.3 is 10.1 Å². The van der Waals surface area contributed by atoms with Crippen LogP contribution in [0.25, 0.3) is 21.5 Å². The van der Waals surface area contributed by atoms with E-state index in [-0.39, 0.29) is 21.8 Å². The summed E-state index contributed by atoms with van der Waals surface area (Å²) in [6.45, 7) is 1.31. The van der Waals surface area contributed by atoms with E-state index in [1.165, 1.54) is 31.3 Å². The van der Waals surface area contributed by atoms with Gasteiger partial charge >= 0.3 is 6.18 Å². The Kier molecular flexibility index (Phi) is 4.82. The lowest BCUT2D eigenvalue weighted by Gasteiger charge is -2.06. The van der Waals surface area contributed by atoms with Crippen molar-refractivity contribution in [2.75, 3.05) is 6.54 Å². The lowest BCUT2D eigenvalue weighted by Crippen LogP contribution is -2.30. The number of alkyl halides is 3. The van der Waals surface area contributed by atoms with Crippen LogP contribution in [0.1, 0.15) is 12.6 Å². The zero-order valence-electron chi connectivity index (χ0n) is 13.3. The number of hydrogen-bond acceptors (Lipinski definition) is 5. The van der Waals surface area contributed by atoms with Crippen molar-refractivity contribution in [2.45, 2.75) is 23.4 Å². The molecule has 3 N–H and O–H groups in total. The summed E-state index contributed by atoms with van der Waals surface area (Å²) in [5, 5.41) is 9.46. The summed E-state index contributed by atoms with van der Waals surface area (Å²) < 4.78 is 65.4. The molecule has 3 rings (SSSR count). The topological polar surface area (TPSA) is 95.1 Å². The van der Waals surface area contributed by atoms with E-state index in [0.717, 1.165) is 17.4 Å². The summed E-state index contributed by atoms with van der Waals surface area (Å²) in [5.41, 5.74) is -0.404. The molecular formula is C15H14F3N3O3S2. The number of hydrogen-bond donors (Lipinski definition) is 3. The number of H-pyrrole nitrogens is 1. The van der Waals surface area contributed by atoms with Crippen LogP contribution in [-0.2, 0) is 16.2 Å². The molecule has 0 aliphatic carbocycles. The van der Waals surface area contributed by atoms with Crippen LogP contribution < -0.4 is 4.72 Å². The minimum Gasteiger partial charge on any atom is -0.392 e. The van der Waals surface area contributed by atoms with Crippen molar-refractivity contribution in [1.82, 2.24) is 14.7 Å². The molecule has 0 aliphatic heterocycles. The van der Waals surface area contributed by atoms with E-state index in [9.17, 15) is 26.7 Å². The number of nitrogens with zero attached hydrogens (tertiary/aromatic N) is 1. The third-order valence-corrected chi connectivity index (χ3v) is 6.55. The van der Waals surface area contributed by atoms with Gasteiger partial charge in [0.25, 0.3) is 0 Å². The summed E-state index contributed by atoms with van der Waals surface area (Å²) in [5.74, 6) is 0. The Morgan fingerprint density at radius 2 is 2.08 bits per heavy atom. The molecule has 0 saturated heterocycles. The van der Waals surface area contributed by atoms with Crippen molar-refractivity contribution < 1.29 is 26.7 Å². The number of pyridine rings is 1. The fourth-order valence-electron chi connectivity index (χ4n) is 2.31. The molecule has 0 amide bonds. The second kappa shape index (κ2) is 6.65. The van der Waals surface area contributed by atoms with Gasteiger partial charge in [0.15, 0.2) is 0 Å². The molecule has 3 aromatic heterocycles. The van der Waals surface area contributed by atoms with Gasteiger partial charge in [-0.25, -0.2) is 18.1 Å². The number of aromatic amines is 1. The van der Waals surface area contributed by atoms with Crippen molar-refractivity contribution in [3.63, 3.8) is 0 Å². The Hall–Kier alpha value is -1.95. The van der Waals surface area contributed by atoms with E-state index in [0.29, 0.717) is 10.4 Å². The summed E-state index contributed by atoms with van der Waals surface area (Å²) in [4.78, 5) is 6.61. The van der Waals surface area contributed by atoms with Crippen LogP contribution in [0, 0.1) is 0 Å². The predicted octanol–water partition coefficient (Wildman–Crippen LogP) is 2.97. The molecule has 0 bridgehead atoms. The zero-order valence-corrected chi connectivity index (χ0v) is 15.0. The molecule has 6 nitrogen and oxygen atoms in total. The van der Waals surface area contributed by atoms with Gasteiger partial charge in [-0.1, -0.05) is 0 Å². The molecule has 0 saturated carbocycles. The number of fused-ring (bicyclic) bond motifs is 1. The highest BCUT2D eigenvalue weighted by Crippen LogP contribution is 2.37. The zero-order chi connectivity index (χ0) is 19.1. The summed E-state index contributed by atoms with van der Waals surface area (Å²) >= 11 is 0.921. The third kappa shape index (κ3) is 3.75. The second-order valence-corrected chi connectivity index (χ2v) is 8.70. The molecule has 0 unspecified atom stereocenters. The Morgan fingerprint density at radius 3 is 2.73 bits per heavy atom. The van der Waals surface area contributed by atoms with Crippen LogP contribution in [0.15, 0.2) is 34.7 Å². The number of aromatic nitrogens is 2. The SMILES string of the molecule is C[C@@H](O)CNS(=O)(=O)c1ccc(-c2ccnc3[nH]c(C(F)(F)F)cc23)s1. The average Bonchev–Trinajstić information content (AvgIpc) is 3.19. The van der Waals surface area contributed by atoms with E-state index >= 15 is 0 Å². The molecule has 140 valence electrons. The maximum absolute atomic E-state index is 12.9. The standard InChI is InChI=1S/C15H14F3N3O3S2/c1-8(22)7-20-26(23,24)13-3-2-11(25-13)9-4-5-19-14-10(9)6-12(21-14)15(16,17)18/h2-6,8,20,22H,7H2,1H3,(H,19,21)/t8-/m1/s1. The molecule has 0 fully saturated rings. The first kappa shape index (κ1) is 18.8. The lowest BCUT2D eigenvalue weighted by atomic mass is 10.1. The molecule has 0 aliphatic rings. The predicted molar refractivity (Wildman–Crippen MR) is 91.3 cm³/mol. The summed E-state index contributed by atoms with van der Waals surface area (Å²) in [7, 11) is -3.81. The van der Waals surface area contributed by atoms with E-state index in [1.54, 1.807) is 0 Å². The normalized spacial score (nSPS) is 14.0. The highest BCUT2D eigenvalue weighted by atomic mass is 32.2. The second-order valence-electron chi connectivity index (χ2n) is 5.62. The number of nitrogens with one attached hydrogen (secondary N) is 2. The smallest absolute Gasteiger partial charge is 0.392 e. The number of halogens is 3. The molecule has 1 atom stereocenters. The first-order valence-corrected chi connectivity index (χ1v) is 9.71. The van der Waals surface area contributed by atoms with Crippen molar-refractivity contribution in [2.24, 2.45) is 0 Å². The van der Waals surface area contributed by atoms with E-state index in [2.05, 4.69) is 14.7 Å². The number of sulfonamides is 1. The highest BCUT2D eigenvalue weighted by Gasteiger charge is 2.33. The van der Waals surface area contributed by atoms with Gasteiger partial charge in [0.05, 0.1) is 6.10 Å². The number of aliphatic hydroxyl groups is 1. The van der Waals surface area contributed by atoms with Crippen molar-refractivity contribution in [3.05, 3.63) is 36.2 Å². The van der Waals surface area contributed by atoms with Crippen LogP contribution in [0.2, 0.25) is 0 Å². The molecule has 3 aromatic rings.